The molecule has 0 aliphatic rings. The van der Waals surface area contributed by atoms with Crippen molar-refractivity contribution in [1.82, 2.24) is 4.72 Å². The second-order valence-corrected chi connectivity index (χ2v) is 7.79. The first-order chi connectivity index (χ1) is 10.0. The standard InChI is InChI=1S/C16H20N2O3S/c1-12(16(2,3)4)9-15(19)18-22(20,21)11-14-8-6-5-7-13(14)10-17/h5-9H,11H2,1-4H3,(H,18,19)/b12-9+. The number of hydrogen-bond acceptors (Lipinski definition) is 4. The van der Waals surface area contributed by atoms with Crippen molar-refractivity contribution >= 4 is 15.9 Å². The van der Waals surface area contributed by atoms with E-state index in [1.165, 1.54) is 12.1 Å². The molecule has 1 amide bonds. The van der Waals surface area contributed by atoms with Crippen molar-refractivity contribution < 1.29 is 13.2 Å². The van der Waals surface area contributed by atoms with Crippen LogP contribution in [0, 0.1) is 16.7 Å². The highest BCUT2D eigenvalue weighted by molar-refractivity contribution is 7.89. The molecule has 5 nitrogen and oxygen atoms in total. The second-order valence-electron chi connectivity index (χ2n) is 6.07. The molecule has 0 aliphatic carbocycles. The van der Waals surface area contributed by atoms with Crippen molar-refractivity contribution in [2.24, 2.45) is 5.41 Å². The highest BCUT2D eigenvalue weighted by atomic mass is 32.2. The van der Waals surface area contributed by atoms with Gasteiger partial charge in [-0.05, 0) is 24.0 Å². The smallest absolute Gasteiger partial charge is 0.257 e. The lowest BCUT2D eigenvalue weighted by molar-refractivity contribution is -0.114. The Hall–Kier alpha value is -2.13. The van der Waals surface area contributed by atoms with Gasteiger partial charge in [-0.2, -0.15) is 5.26 Å². The molecule has 1 rings (SSSR count). The molecule has 118 valence electrons. The Kier molecular flexibility index (Phi) is 5.50. The number of nitriles is 1. The summed E-state index contributed by atoms with van der Waals surface area (Å²) in [6.45, 7) is 7.58. The molecular formula is C16H20N2O3S. The Bertz CT molecular complexity index is 735. The van der Waals surface area contributed by atoms with Crippen molar-refractivity contribution in [2.45, 2.75) is 33.4 Å². The van der Waals surface area contributed by atoms with E-state index >= 15 is 0 Å². The van der Waals surface area contributed by atoms with Crippen LogP contribution in [0.5, 0.6) is 0 Å². The molecule has 1 N–H and O–H groups in total. The van der Waals surface area contributed by atoms with E-state index in [0.717, 1.165) is 5.57 Å². The second kappa shape index (κ2) is 6.75. The van der Waals surface area contributed by atoms with Gasteiger partial charge in [0.25, 0.3) is 5.91 Å². The number of carbonyl (C=O) groups is 1. The third-order valence-corrected chi connectivity index (χ3v) is 4.47. The van der Waals surface area contributed by atoms with Gasteiger partial charge in [0.1, 0.15) is 0 Å². The summed E-state index contributed by atoms with van der Waals surface area (Å²) in [4.78, 5) is 11.8. The van der Waals surface area contributed by atoms with Gasteiger partial charge < -0.3 is 0 Å². The van der Waals surface area contributed by atoms with Crippen LogP contribution in [-0.2, 0) is 20.6 Å². The van der Waals surface area contributed by atoms with Crippen molar-refractivity contribution in [1.29, 1.82) is 5.26 Å². The van der Waals surface area contributed by atoms with Gasteiger partial charge in [0.15, 0.2) is 0 Å². The van der Waals surface area contributed by atoms with Gasteiger partial charge in [0.05, 0.1) is 17.4 Å². The highest BCUT2D eigenvalue weighted by Crippen LogP contribution is 2.23. The molecule has 0 heterocycles. The number of allylic oxidation sites excluding steroid dienone is 1. The molecular weight excluding hydrogens is 300 g/mol. The maximum atomic E-state index is 12.0. The van der Waals surface area contributed by atoms with Crippen LogP contribution in [0.25, 0.3) is 0 Å². The van der Waals surface area contributed by atoms with Crippen molar-refractivity contribution in [3.05, 3.63) is 47.0 Å². The van der Waals surface area contributed by atoms with Gasteiger partial charge in [0.2, 0.25) is 10.0 Å². The molecule has 0 aliphatic heterocycles. The molecule has 6 heteroatoms. The van der Waals surface area contributed by atoms with Crippen LogP contribution in [0.15, 0.2) is 35.9 Å². The predicted octanol–water partition coefficient (Wildman–Crippen LogP) is 2.50. The first kappa shape index (κ1) is 17.9. The average Bonchev–Trinajstić information content (AvgIpc) is 2.36. The molecule has 0 fully saturated rings. The van der Waals surface area contributed by atoms with E-state index < -0.39 is 21.7 Å². The molecule has 0 bridgehead atoms. The van der Waals surface area contributed by atoms with E-state index in [1.54, 1.807) is 25.1 Å². The molecule has 1 aromatic carbocycles. The third kappa shape index (κ3) is 5.34. The molecule has 0 saturated heterocycles. The fraction of sp³-hybridized carbons (Fsp3) is 0.375. The molecule has 0 radical (unpaired) electrons. The number of amides is 1. The van der Waals surface area contributed by atoms with E-state index in [2.05, 4.69) is 0 Å². The number of carbonyl (C=O) groups excluding carboxylic acids is 1. The van der Waals surface area contributed by atoms with E-state index in [4.69, 9.17) is 5.26 Å². The zero-order valence-corrected chi connectivity index (χ0v) is 14.0. The molecule has 0 aromatic heterocycles. The van der Waals surface area contributed by atoms with Crippen LogP contribution in [0.1, 0.15) is 38.8 Å². The molecule has 0 saturated carbocycles. The zero-order chi connectivity index (χ0) is 17.0. The summed E-state index contributed by atoms with van der Waals surface area (Å²) < 4.78 is 26.1. The Balaban J connectivity index is 2.89. The summed E-state index contributed by atoms with van der Waals surface area (Å²) >= 11 is 0. The summed E-state index contributed by atoms with van der Waals surface area (Å²) in [7, 11) is -3.85. The third-order valence-electron chi connectivity index (χ3n) is 3.27. The molecule has 1 aromatic rings. The number of rotatable bonds is 4. The van der Waals surface area contributed by atoms with E-state index in [0.29, 0.717) is 5.56 Å². The first-order valence-electron chi connectivity index (χ1n) is 6.76. The number of nitrogens with zero attached hydrogens (tertiary/aromatic N) is 1. The summed E-state index contributed by atoms with van der Waals surface area (Å²) in [6, 6.07) is 8.33. The van der Waals surface area contributed by atoms with Crippen LogP contribution >= 0.6 is 0 Å². The van der Waals surface area contributed by atoms with Gasteiger partial charge in [0, 0.05) is 6.08 Å². The van der Waals surface area contributed by atoms with Crippen molar-refractivity contribution in [2.75, 3.05) is 0 Å². The Morgan fingerprint density at radius 1 is 1.32 bits per heavy atom. The lowest BCUT2D eigenvalue weighted by Gasteiger charge is -2.19. The maximum absolute atomic E-state index is 12.0. The maximum Gasteiger partial charge on any atom is 0.257 e. The van der Waals surface area contributed by atoms with Gasteiger partial charge in [-0.1, -0.05) is 44.5 Å². The summed E-state index contributed by atoms with van der Waals surface area (Å²) in [6.07, 6.45) is 1.29. The van der Waals surface area contributed by atoms with Crippen LogP contribution in [-0.4, -0.2) is 14.3 Å². The van der Waals surface area contributed by atoms with Gasteiger partial charge in [-0.25, -0.2) is 13.1 Å². The zero-order valence-electron chi connectivity index (χ0n) is 13.2. The van der Waals surface area contributed by atoms with Gasteiger partial charge in [-0.15, -0.1) is 0 Å². The predicted molar refractivity (Wildman–Crippen MR) is 85.1 cm³/mol. The SMILES string of the molecule is C/C(=C\C(=O)NS(=O)(=O)Cc1ccccc1C#N)C(C)(C)C. The van der Waals surface area contributed by atoms with Crippen molar-refractivity contribution in [3.8, 4) is 6.07 Å². The molecule has 0 unspecified atom stereocenters. The minimum absolute atomic E-state index is 0.214. The number of benzene rings is 1. The highest BCUT2D eigenvalue weighted by Gasteiger charge is 2.18. The average molecular weight is 320 g/mol. The largest absolute Gasteiger partial charge is 0.269 e. The van der Waals surface area contributed by atoms with Crippen LogP contribution in [0.3, 0.4) is 0 Å². The van der Waals surface area contributed by atoms with Crippen LogP contribution < -0.4 is 4.72 Å². The minimum atomic E-state index is -3.85. The Morgan fingerprint density at radius 2 is 1.91 bits per heavy atom. The normalized spacial score (nSPS) is 12.6. The molecule has 22 heavy (non-hydrogen) atoms. The topological polar surface area (TPSA) is 87.0 Å². The Labute approximate surface area is 131 Å². The van der Waals surface area contributed by atoms with E-state index in [1.807, 2.05) is 31.6 Å². The van der Waals surface area contributed by atoms with Gasteiger partial charge in [-0.3, -0.25) is 4.79 Å². The lowest BCUT2D eigenvalue weighted by atomic mass is 9.87. The fourth-order valence-corrected chi connectivity index (χ4v) is 2.69. The minimum Gasteiger partial charge on any atom is -0.269 e. The molecule has 0 atom stereocenters. The first-order valence-corrected chi connectivity index (χ1v) is 8.41. The number of nitrogens with one attached hydrogen (secondary N) is 1. The fourth-order valence-electron chi connectivity index (χ4n) is 1.59. The van der Waals surface area contributed by atoms with E-state index in [9.17, 15) is 13.2 Å². The van der Waals surface area contributed by atoms with Crippen molar-refractivity contribution in [3.63, 3.8) is 0 Å². The quantitative estimate of drug-likeness (QED) is 0.863. The number of hydrogen-bond donors (Lipinski definition) is 1. The van der Waals surface area contributed by atoms with Crippen LogP contribution in [0.4, 0.5) is 0 Å². The lowest BCUT2D eigenvalue weighted by Crippen LogP contribution is -2.31. The van der Waals surface area contributed by atoms with E-state index in [-0.39, 0.29) is 11.0 Å². The molecule has 0 spiro atoms. The summed E-state index contributed by atoms with van der Waals surface area (Å²) in [5, 5.41) is 8.96. The summed E-state index contributed by atoms with van der Waals surface area (Å²) in [5.74, 6) is -1.09. The van der Waals surface area contributed by atoms with Crippen LogP contribution in [0.2, 0.25) is 0 Å². The number of sulfonamides is 1. The summed E-state index contributed by atoms with van der Waals surface area (Å²) in [5.41, 5.74) is 1.20. The Morgan fingerprint density at radius 3 is 2.45 bits per heavy atom. The van der Waals surface area contributed by atoms with Gasteiger partial charge >= 0.3 is 0 Å². The monoisotopic (exact) mass is 320 g/mol.